The summed E-state index contributed by atoms with van der Waals surface area (Å²) in [6.45, 7) is 0.982. The van der Waals surface area contributed by atoms with Gasteiger partial charge in [0.15, 0.2) is 0 Å². The van der Waals surface area contributed by atoms with E-state index in [9.17, 15) is 0 Å². The molecule has 0 saturated heterocycles. The summed E-state index contributed by atoms with van der Waals surface area (Å²) >= 11 is 2.56. The quantitative estimate of drug-likeness (QED) is 0.417. The first-order valence-corrected chi connectivity index (χ1v) is 7.39. The Bertz CT molecular complexity index is 742. The molecule has 0 amide bonds. The monoisotopic (exact) mass is 345 g/mol. The van der Waals surface area contributed by atoms with Crippen molar-refractivity contribution >= 4 is 33.5 Å². The molecule has 3 aromatic rings. The Labute approximate surface area is 120 Å². The maximum absolute atomic E-state index is 2.56. The van der Waals surface area contributed by atoms with Gasteiger partial charge < -0.3 is 4.57 Å². The molecular formula is C16H12IN. The number of para-hydroxylation sites is 1. The van der Waals surface area contributed by atoms with Crippen LogP contribution in [0.5, 0.6) is 0 Å². The van der Waals surface area contributed by atoms with Crippen molar-refractivity contribution in [1.82, 2.24) is 4.57 Å². The van der Waals surface area contributed by atoms with Crippen molar-refractivity contribution in [2.24, 2.45) is 0 Å². The van der Waals surface area contributed by atoms with Gasteiger partial charge in [0.05, 0.1) is 9.44 Å². The third kappa shape index (κ3) is 1.38. The number of benzene rings is 2. The van der Waals surface area contributed by atoms with Crippen LogP contribution in [-0.2, 0) is 6.54 Å². The lowest BCUT2D eigenvalue weighted by Gasteiger charge is -2.12. The van der Waals surface area contributed by atoms with Gasteiger partial charge in [-0.2, -0.15) is 0 Å². The van der Waals surface area contributed by atoms with Crippen molar-refractivity contribution in [3.8, 4) is 0 Å². The van der Waals surface area contributed by atoms with Gasteiger partial charge in [-0.25, -0.2) is 0 Å². The van der Waals surface area contributed by atoms with Crippen molar-refractivity contribution in [3.63, 3.8) is 0 Å². The maximum Gasteiger partial charge on any atom is 0.0632 e. The molecule has 88 valence electrons. The number of nitrogens with zero attached hydrogens (tertiary/aromatic N) is 1. The zero-order chi connectivity index (χ0) is 12.1. The first-order chi connectivity index (χ1) is 8.84. The molecule has 18 heavy (non-hydrogen) atoms. The average Bonchev–Trinajstić information content (AvgIpc) is 2.76. The lowest BCUT2D eigenvalue weighted by molar-refractivity contribution is 0.837. The maximum atomic E-state index is 2.56. The Morgan fingerprint density at radius 1 is 0.944 bits per heavy atom. The molecule has 0 fully saturated rings. The van der Waals surface area contributed by atoms with Gasteiger partial charge in [0.1, 0.15) is 0 Å². The lowest BCUT2D eigenvalue weighted by atomic mass is 10.00. The summed E-state index contributed by atoms with van der Waals surface area (Å²) in [7, 11) is 0. The fourth-order valence-corrected chi connectivity index (χ4v) is 4.01. The molecule has 0 radical (unpaired) electrons. The highest BCUT2D eigenvalue weighted by molar-refractivity contribution is 14.1. The summed E-state index contributed by atoms with van der Waals surface area (Å²) in [5, 5.41) is 1.35. The molecule has 0 bridgehead atoms. The van der Waals surface area contributed by atoms with Crippen LogP contribution in [0.4, 0.5) is 0 Å². The molecule has 1 nitrogen and oxygen atoms in total. The largest absolute Gasteiger partial charge is 0.343 e. The van der Waals surface area contributed by atoms with Crippen LogP contribution >= 0.6 is 22.6 Å². The van der Waals surface area contributed by atoms with E-state index in [1.54, 1.807) is 0 Å². The number of rotatable bonds is 0. The summed E-state index contributed by atoms with van der Waals surface area (Å²) in [4.78, 5) is 0. The minimum atomic E-state index is 0.443. The molecule has 2 heterocycles. The predicted octanol–water partition coefficient (Wildman–Crippen LogP) is 4.53. The summed E-state index contributed by atoms with van der Waals surface area (Å²) < 4.78 is 2.82. The van der Waals surface area contributed by atoms with E-state index in [-0.39, 0.29) is 0 Å². The van der Waals surface area contributed by atoms with Crippen LogP contribution < -0.4 is 0 Å². The smallest absolute Gasteiger partial charge is 0.0632 e. The third-order valence-electron chi connectivity index (χ3n) is 3.76. The number of alkyl halides is 1. The van der Waals surface area contributed by atoms with Crippen molar-refractivity contribution in [1.29, 1.82) is 0 Å². The van der Waals surface area contributed by atoms with Crippen LogP contribution in [-0.4, -0.2) is 4.57 Å². The number of aromatic nitrogens is 1. The van der Waals surface area contributed by atoms with E-state index >= 15 is 0 Å². The highest BCUT2D eigenvalue weighted by atomic mass is 127. The SMILES string of the molecule is IC1c2ccccc2Cn2ccc3cccc1c32. The molecule has 2 heteroatoms. The molecule has 0 saturated carbocycles. The topological polar surface area (TPSA) is 4.93 Å². The molecule has 0 spiro atoms. The molecule has 4 rings (SSSR count). The zero-order valence-corrected chi connectivity index (χ0v) is 12.0. The van der Waals surface area contributed by atoms with Crippen molar-refractivity contribution in [3.05, 3.63) is 71.4 Å². The van der Waals surface area contributed by atoms with Crippen molar-refractivity contribution in [2.45, 2.75) is 10.5 Å². The van der Waals surface area contributed by atoms with Crippen LogP contribution in [0, 0.1) is 0 Å². The Morgan fingerprint density at radius 3 is 2.72 bits per heavy atom. The van der Waals surface area contributed by atoms with Crippen LogP contribution in [0.3, 0.4) is 0 Å². The van der Waals surface area contributed by atoms with Gasteiger partial charge in [0.25, 0.3) is 0 Å². The molecular weight excluding hydrogens is 333 g/mol. The van der Waals surface area contributed by atoms with E-state index in [2.05, 4.69) is 81.9 Å². The molecule has 1 aromatic heterocycles. The average molecular weight is 345 g/mol. The second kappa shape index (κ2) is 3.85. The fraction of sp³-hybridized carbons (Fsp3) is 0.125. The van der Waals surface area contributed by atoms with E-state index in [1.165, 1.54) is 27.6 Å². The van der Waals surface area contributed by atoms with Gasteiger partial charge in [-0.15, -0.1) is 0 Å². The Kier molecular flexibility index (Phi) is 2.27. The van der Waals surface area contributed by atoms with Crippen LogP contribution in [0.1, 0.15) is 20.6 Å². The predicted molar refractivity (Wildman–Crippen MR) is 83.3 cm³/mol. The molecule has 0 aliphatic carbocycles. The molecule has 1 aliphatic rings. The standard InChI is InChI=1S/C16H12IN/c17-15-13-6-2-1-4-12(13)10-18-9-8-11-5-3-7-14(15)16(11)18/h1-9,15H,10H2. The molecule has 1 aliphatic heterocycles. The summed E-state index contributed by atoms with van der Waals surface area (Å²) in [5.74, 6) is 0. The van der Waals surface area contributed by atoms with Gasteiger partial charge in [0, 0.05) is 12.7 Å². The van der Waals surface area contributed by atoms with E-state index in [4.69, 9.17) is 0 Å². The first kappa shape index (κ1) is 10.6. The summed E-state index contributed by atoms with van der Waals surface area (Å²) in [6, 6.07) is 17.6. The van der Waals surface area contributed by atoms with Gasteiger partial charge in [-0.1, -0.05) is 65.1 Å². The number of fused-ring (bicyclic) bond motifs is 1. The normalized spacial score (nSPS) is 17.5. The third-order valence-corrected chi connectivity index (χ3v) is 5.10. The fourth-order valence-electron chi connectivity index (χ4n) is 2.90. The van der Waals surface area contributed by atoms with E-state index in [0.717, 1.165) is 6.54 Å². The van der Waals surface area contributed by atoms with Gasteiger partial charge in [-0.3, -0.25) is 0 Å². The molecule has 1 atom stereocenters. The number of hydrogen-bond donors (Lipinski definition) is 0. The number of hydrogen-bond acceptors (Lipinski definition) is 0. The number of halogens is 1. The van der Waals surface area contributed by atoms with Crippen LogP contribution in [0.2, 0.25) is 0 Å². The minimum absolute atomic E-state index is 0.443. The van der Waals surface area contributed by atoms with Gasteiger partial charge >= 0.3 is 0 Å². The van der Waals surface area contributed by atoms with Crippen molar-refractivity contribution < 1.29 is 0 Å². The summed E-state index contributed by atoms with van der Waals surface area (Å²) in [5.41, 5.74) is 5.72. The molecule has 2 aromatic carbocycles. The Morgan fingerprint density at radius 2 is 1.78 bits per heavy atom. The van der Waals surface area contributed by atoms with E-state index in [1.807, 2.05) is 0 Å². The van der Waals surface area contributed by atoms with Crippen LogP contribution in [0.15, 0.2) is 54.7 Å². The van der Waals surface area contributed by atoms with Gasteiger partial charge in [0.2, 0.25) is 0 Å². The molecule has 1 unspecified atom stereocenters. The van der Waals surface area contributed by atoms with Gasteiger partial charge in [-0.05, 0) is 28.1 Å². The Hall–Kier alpha value is -1.29. The highest BCUT2D eigenvalue weighted by Gasteiger charge is 2.21. The summed E-state index contributed by atoms with van der Waals surface area (Å²) in [6.07, 6.45) is 2.21. The first-order valence-electron chi connectivity index (χ1n) is 6.14. The minimum Gasteiger partial charge on any atom is -0.343 e. The zero-order valence-electron chi connectivity index (χ0n) is 9.81. The van der Waals surface area contributed by atoms with E-state index < -0.39 is 0 Å². The second-order valence-corrected chi connectivity index (χ2v) is 6.04. The van der Waals surface area contributed by atoms with Crippen molar-refractivity contribution in [2.75, 3.05) is 0 Å². The lowest BCUT2D eigenvalue weighted by Crippen LogP contribution is -1.98. The van der Waals surface area contributed by atoms with E-state index in [0.29, 0.717) is 3.92 Å². The Balaban J connectivity index is 2.11. The highest BCUT2D eigenvalue weighted by Crippen LogP contribution is 2.40. The van der Waals surface area contributed by atoms with Crippen LogP contribution in [0.25, 0.3) is 10.9 Å². The second-order valence-electron chi connectivity index (χ2n) is 4.79. The molecule has 0 N–H and O–H groups in total.